The summed E-state index contributed by atoms with van der Waals surface area (Å²) in [6.07, 6.45) is 2.67. The van der Waals surface area contributed by atoms with Crippen LogP contribution in [0.1, 0.15) is 80.2 Å². The Morgan fingerprint density at radius 2 is 1.02 bits per heavy atom. The predicted molar refractivity (Wildman–Crippen MR) is 174 cm³/mol. The number of rotatable bonds is 5. The van der Waals surface area contributed by atoms with Gasteiger partial charge in [-0.15, -0.1) is 48.6 Å². The van der Waals surface area contributed by atoms with Crippen LogP contribution in [0.25, 0.3) is 5.32 Å². The third-order valence-electron chi connectivity index (χ3n) is 6.35. The van der Waals surface area contributed by atoms with Crippen molar-refractivity contribution < 1.29 is 30.6 Å². The van der Waals surface area contributed by atoms with Crippen molar-refractivity contribution >= 4 is 5.69 Å². The van der Waals surface area contributed by atoms with Crippen LogP contribution in [-0.4, -0.2) is 19.3 Å². The second-order valence-corrected chi connectivity index (χ2v) is 10.5. The van der Waals surface area contributed by atoms with Crippen LogP contribution in [0.5, 0.6) is 0 Å². The van der Waals surface area contributed by atoms with Gasteiger partial charge in [0.05, 0.1) is 0 Å². The molecule has 0 aromatic heterocycles. The Labute approximate surface area is 269 Å². The number of hydrogen-bond donors (Lipinski definition) is 0. The van der Waals surface area contributed by atoms with Crippen molar-refractivity contribution in [2.24, 2.45) is 0 Å². The first-order valence-corrected chi connectivity index (χ1v) is 14.3. The van der Waals surface area contributed by atoms with Gasteiger partial charge in [-0.2, -0.15) is 73.9 Å². The molecule has 1 aliphatic rings. The predicted octanol–water partition coefficient (Wildman–Crippen LogP) is 10.7. The summed E-state index contributed by atoms with van der Waals surface area (Å²) in [4.78, 5) is 0. The largest absolute Gasteiger partial charge is 4.00 e. The first-order valence-electron chi connectivity index (χ1n) is 14.3. The summed E-state index contributed by atoms with van der Waals surface area (Å²) in [6, 6.07) is 36.2. The van der Waals surface area contributed by atoms with Crippen molar-refractivity contribution in [3.63, 3.8) is 0 Å². The molecule has 4 aromatic rings. The van der Waals surface area contributed by atoms with Gasteiger partial charge in [0.15, 0.2) is 0 Å². The van der Waals surface area contributed by atoms with Crippen molar-refractivity contribution in [2.75, 3.05) is 13.2 Å². The first kappa shape index (κ1) is 36.1. The Balaban J connectivity index is 0.000000313. The molecule has 1 heterocycles. The molecule has 41 heavy (non-hydrogen) atoms. The molecule has 1 saturated heterocycles. The molecule has 0 radical (unpaired) electrons. The maximum absolute atomic E-state index is 5.68. The summed E-state index contributed by atoms with van der Waals surface area (Å²) in [5.74, 6) is 1.03. The molecule has 1 unspecified atom stereocenters. The SMILES string of the molecule is CC(C)c1cccc(C(C)C)c1[N-]CC1CCCO1.[CH2-]c1ccccc1.[CH2-]c1ccccc1.[CH2-]c1ccccc1.[Hf+4]. The standard InChI is InChI=1S/C17H26NO.3C7H7.Hf/c1-12(2)15-8-5-9-16(13(3)4)17(15)18-11-14-7-6-10-19-14;3*1-7-5-3-2-4-6-7;/h5,8-9,12-14H,6-7,10-11H2,1-4H3;3*2-6H,1H2;/q4*-1;+4. The van der Waals surface area contributed by atoms with Crippen molar-refractivity contribution in [3.05, 3.63) is 163 Å². The normalized spacial score (nSPS) is 13.4. The quantitative estimate of drug-likeness (QED) is 0.149. The smallest absolute Gasteiger partial charge is 0.682 e. The molecule has 0 saturated carbocycles. The molecule has 3 heteroatoms. The average molecular weight is 712 g/mol. The zero-order valence-electron chi connectivity index (χ0n) is 25.4. The van der Waals surface area contributed by atoms with Gasteiger partial charge in [-0.25, -0.2) is 0 Å². The van der Waals surface area contributed by atoms with Gasteiger partial charge < -0.3 is 10.1 Å². The minimum Gasteiger partial charge on any atom is -0.682 e. The molecule has 2 nitrogen and oxygen atoms in total. The Morgan fingerprint density at radius 1 is 0.634 bits per heavy atom. The second kappa shape index (κ2) is 20.9. The Bertz CT molecular complexity index is 1060. The fraction of sp³-hybridized carbons (Fsp3) is 0.289. The number of ether oxygens (including phenoxy) is 1. The van der Waals surface area contributed by atoms with Gasteiger partial charge in [-0.1, -0.05) is 75.2 Å². The fourth-order valence-electron chi connectivity index (χ4n) is 4.11. The summed E-state index contributed by atoms with van der Waals surface area (Å²) in [7, 11) is 0. The van der Waals surface area contributed by atoms with Crippen molar-refractivity contribution in [1.29, 1.82) is 0 Å². The van der Waals surface area contributed by atoms with Gasteiger partial charge >= 0.3 is 25.8 Å². The van der Waals surface area contributed by atoms with Crippen LogP contribution in [0, 0.1) is 20.8 Å². The Kier molecular flexibility index (Phi) is 18.4. The van der Waals surface area contributed by atoms with E-state index < -0.39 is 0 Å². The van der Waals surface area contributed by atoms with Gasteiger partial charge in [0.2, 0.25) is 0 Å². The number of hydrogen-bond acceptors (Lipinski definition) is 1. The van der Waals surface area contributed by atoms with E-state index in [2.05, 4.69) is 66.7 Å². The molecular formula is C38H47HfNO. The van der Waals surface area contributed by atoms with Crippen molar-refractivity contribution in [2.45, 2.75) is 58.5 Å². The first-order chi connectivity index (χ1) is 19.3. The second-order valence-electron chi connectivity index (χ2n) is 10.5. The summed E-state index contributed by atoms with van der Waals surface area (Å²) in [5, 5.41) is 4.91. The summed E-state index contributed by atoms with van der Waals surface area (Å²) in [5.41, 5.74) is 7.16. The molecule has 5 rings (SSSR count). The molecule has 1 atom stereocenters. The average Bonchev–Trinajstić information content (AvgIpc) is 3.48. The summed E-state index contributed by atoms with van der Waals surface area (Å²) < 4.78 is 5.68. The number of benzene rings is 4. The maximum Gasteiger partial charge on any atom is 4.00 e. The molecule has 0 amide bonds. The van der Waals surface area contributed by atoms with E-state index >= 15 is 0 Å². The maximum atomic E-state index is 5.68. The van der Waals surface area contributed by atoms with Crippen LogP contribution >= 0.6 is 0 Å². The van der Waals surface area contributed by atoms with E-state index in [9.17, 15) is 0 Å². The fourth-order valence-corrected chi connectivity index (χ4v) is 4.11. The monoisotopic (exact) mass is 713 g/mol. The van der Waals surface area contributed by atoms with Gasteiger partial charge in [0, 0.05) is 12.7 Å². The van der Waals surface area contributed by atoms with Crippen molar-refractivity contribution in [1.82, 2.24) is 0 Å². The summed E-state index contributed by atoms with van der Waals surface area (Å²) >= 11 is 0. The van der Waals surface area contributed by atoms with E-state index in [1.807, 2.05) is 91.0 Å². The minimum atomic E-state index is 0. The van der Waals surface area contributed by atoms with Gasteiger partial charge in [-0.3, -0.25) is 0 Å². The molecule has 1 fully saturated rings. The molecule has 0 bridgehead atoms. The van der Waals surface area contributed by atoms with Crippen LogP contribution in [0.15, 0.2) is 109 Å². The van der Waals surface area contributed by atoms with Crippen LogP contribution in [0.3, 0.4) is 0 Å². The Morgan fingerprint density at radius 3 is 1.29 bits per heavy atom. The van der Waals surface area contributed by atoms with E-state index in [0.29, 0.717) is 17.9 Å². The molecule has 0 aliphatic carbocycles. The minimum absolute atomic E-state index is 0. The summed E-state index contributed by atoms with van der Waals surface area (Å²) in [6.45, 7) is 21.8. The van der Waals surface area contributed by atoms with Crippen LogP contribution in [0.4, 0.5) is 5.69 Å². The molecular weight excluding hydrogens is 665 g/mol. The molecule has 0 spiro atoms. The van der Waals surface area contributed by atoms with Gasteiger partial charge in [0.25, 0.3) is 0 Å². The van der Waals surface area contributed by atoms with Crippen molar-refractivity contribution in [3.8, 4) is 0 Å². The van der Waals surface area contributed by atoms with E-state index in [1.165, 1.54) is 23.2 Å². The Hall–Kier alpha value is -2.88. The van der Waals surface area contributed by atoms with Gasteiger partial charge in [-0.05, 0) is 24.7 Å². The topological polar surface area (TPSA) is 23.3 Å². The van der Waals surface area contributed by atoms with Gasteiger partial charge in [0.1, 0.15) is 0 Å². The van der Waals surface area contributed by atoms with E-state index in [1.54, 1.807) is 0 Å². The third kappa shape index (κ3) is 15.1. The zero-order valence-corrected chi connectivity index (χ0v) is 29.0. The number of nitrogens with zero attached hydrogens (tertiary/aromatic N) is 1. The third-order valence-corrected chi connectivity index (χ3v) is 6.35. The van der Waals surface area contributed by atoms with Crippen LogP contribution in [-0.2, 0) is 30.6 Å². The number of para-hydroxylation sites is 1. The van der Waals surface area contributed by atoms with E-state index in [-0.39, 0.29) is 25.8 Å². The molecule has 0 N–H and O–H groups in total. The van der Waals surface area contributed by atoms with Crippen LogP contribution < -0.4 is 0 Å². The van der Waals surface area contributed by atoms with E-state index in [4.69, 9.17) is 10.1 Å². The zero-order chi connectivity index (χ0) is 29.2. The molecule has 214 valence electrons. The molecule has 4 aromatic carbocycles. The molecule has 1 aliphatic heterocycles. The van der Waals surface area contributed by atoms with E-state index in [0.717, 1.165) is 36.3 Å². The van der Waals surface area contributed by atoms with Crippen LogP contribution in [0.2, 0.25) is 0 Å².